The number of fused-ring (bicyclic) bond motifs is 3. The predicted octanol–water partition coefficient (Wildman–Crippen LogP) is 1.57. The highest BCUT2D eigenvalue weighted by atomic mass is 32.2. The lowest BCUT2D eigenvalue weighted by atomic mass is 9.72. The number of aromatic hydroxyl groups is 2. The van der Waals surface area contributed by atoms with Gasteiger partial charge in [0.15, 0.2) is 17.9 Å². The molecule has 7 rings (SSSR count). The molecule has 2 saturated heterocycles. The monoisotopic (exact) mass is 884 g/mol. The number of aliphatic hydroxyl groups excluding tert-OH is 2. The summed E-state index contributed by atoms with van der Waals surface area (Å²) in [7, 11) is 1.29. The van der Waals surface area contributed by atoms with Crippen LogP contribution in [-0.4, -0.2) is 140 Å². The Labute approximate surface area is 359 Å². The number of esters is 1. The molecule has 7 atom stereocenters. The van der Waals surface area contributed by atoms with Gasteiger partial charge in [-0.15, -0.1) is 0 Å². The van der Waals surface area contributed by atoms with Crippen LogP contribution in [0.25, 0.3) is 0 Å². The fourth-order valence-corrected chi connectivity index (χ4v) is 9.82. The van der Waals surface area contributed by atoms with Gasteiger partial charge in [0.1, 0.15) is 35.6 Å². The number of hydrogen-bond acceptors (Lipinski definition) is 18. The standard InChI is InChI=1S/C42H48N2O17S/c1-18-34(48)23(43-41(55)59-17-58-40(54)20-9-7-19(8-10-20)15-44-28(47)12-26(62-3)39(44)53)11-29(60-18)61-25-14-42(56,27(46)16-45)13-22-31(25)38(52)33-32(36(22)50)35(49)21-5-4-6-24(57-2)30(21)37(33)51/h4-6,18-20,23,25-26,29,34,45,48,50,52,56H,7-17H2,1-3H3,(H,43,55)/t18-,19?,20?,23-,25-,26?,29-,34+,42-/m0/s1. The van der Waals surface area contributed by atoms with Gasteiger partial charge < -0.3 is 54.5 Å². The number of hydrogen-bond donors (Lipinski definition) is 6. The van der Waals surface area contributed by atoms with Crippen LogP contribution < -0.4 is 10.1 Å². The van der Waals surface area contributed by atoms with Crippen LogP contribution in [0.3, 0.4) is 0 Å². The van der Waals surface area contributed by atoms with Gasteiger partial charge in [-0.1, -0.05) is 12.1 Å². The fourth-order valence-electron chi connectivity index (χ4n) is 9.18. The van der Waals surface area contributed by atoms with Crippen molar-refractivity contribution in [1.29, 1.82) is 0 Å². The number of benzene rings is 2. The van der Waals surface area contributed by atoms with Crippen LogP contribution >= 0.6 is 11.8 Å². The van der Waals surface area contributed by atoms with Gasteiger partial charge >= 0.3 is 12.1 Å². The van der Waals surface area contributed by atoms with Crippen molar-refractivity contribution in [1.82, 2.24) is 10.2 Å². The third kappa shape index (κ3) is 8.26. The molecule has 5 aliphatic rings. The first-order valence-corrected chi connectivity index (χ1v) is 21.5. The number of alkyl carbamates (subject to hydrolysis) is 1. The Hall–Kier alpha value is -5.12. The largest absolute Gasteiger partial charge is 0.507 e. The zero-order valence-electron chi connectivity index (χ0n) is 34.1. The van der Waals surface area contributed by atoms with Crippen LogP contribution in [0.4, 0.5) is 4.79 Å². The van der Waals surface area contributed by atoms with Crippen molar-refractivity contribution in [3.63, 3.8) is 0 Å². The van der Waals surface area contributed by atoms with Crippen LogP contribution in [0.2, 0.25) is 0 Å². The Kier molecular flexibility index (Phi) is 13.0. The number of phenols is 2. The van der Waals surface area contributed by atoms with Crippen molar-refractivity contribution < 1.29 is 82.8 Å². The number of ketones is 3. The van der Waals surface area contributed by atoms with Crippen molar-refractivity contribution in [2.45, 2.75) is 99.8 Å². The first-order chi connectivity index (χ1) is 29.5. The van der Waals surface area contributed by atoms with Crippen LogP contribution in [-0.2, 0) is 44.5 Å². The number of carbonyl (C=O) groups is 7. The van der Waals surface area contributed by atoms with Crippen LogP contribution in [0.5, 0.6) is 17.2 Å². The van der Waals surface area contributed by atoms with Crippen molar-refractivity contribution >= 4 is 53.0 Å². The summed E-state index contributed by atoms with van der Waals surface area (Å²) in [5, 5.41) is 57.8. The number of methoxy groups -OCH3 is 1. The second-order valence-electron chi connectivity index (χ2n) is 16.2. The van der Waals surface area contributed by atoms with Gasteiger partial charge in [-0.3, -0.25) is 33.7 Å². The second-order valence-corrected chi connectivity index (χ2v) is 17.3. The molecular weight excluding hydrogens is 837 g/mol. The number of nitrogens with one attached hydrogen (secondary N) is 1. The van der Waals surface area contributed by atoms with E-state index >= 15 is 0 Å². The molecule has 3 amide bonds. The van der Waals surface area contributed by atoms with Crippen LogP contribution in [0.15, 0.2) is 18.2 Å². The number of likely N-dealkylation sites (tertiary alicyclic amines) is 1. The Balaban J connectivity index is 1.00. The Morgan fingerprint density at radius 3 is 2.37 bits per heavy atom. The molecule has 19 nitrogen and oxygen atoms in total. The molecule has 334 valence electrons. The molecule has 2 aliphatic heterocycles. The van der Waals surface area contributed by atoms with E-state index in [1.807, 2.05) is 0 Å². The number of rotatable bonds is 12. The van der Waals surface area contributed by atoms with Crippen molar-refractivity contribution in [3.8, 4) is 17.2 Å². The maximum absolute atomic E-state index is 14.0. The number of imide groups is 1. The number of carbonyl (C=O) groups excluding carboxylic acids is 7. The molecule has 0 spiro atoms. The van der Waals surface area contributed by atoms with E-state index < -0.39 is 120 Å². The molecule has 6 N–H and O–H groups in total. The Morgan fingerprint density at radius 2 is 1.71 bits per heavy atom. The van der Waals surface area contributed by atoms with E-state index in [1.54, 1.807) is 6.26 Å². The Morgan fingerprint density at radius 1 is 1.00 bits per heavy atom. The van der Waals surface area contributed by atoms with Gasteiger partial charge in [-0.25, -0.2) is 4.79 Å². The summed E-state index contributed by atoms with van der Waals surface area (Å²) >= 11 is 1.35. The van der Waals surface area contributed by atoms with Crippen molar-refractivity contribution in [2.75, 3.05) is 33.3 Å². The van der Waals surface area contributed by atoms with E-state index in [0.717, 1.165) is 0 Å². The molecule has 20 heteroatoms. The molecule has 0 bridgehead atoms. The molecule has 62 heavy (non-hydrogen) atoms. The Bertz CT molecular complexity index is 2190. The first-order valence-electron chi connectivity index (χ1n) is 20.2. The molecule has 2 aromatic carbocycles. The first kappa shape index (κ1) is 44.9. The lowest BCUT2D eigenvalue weighted by Gasteiger charge is -2.42. The number of phenolic OH excluding ortho intramolecular Hbond substituents is 2. The third-order valence-electron chi connectivity index (χ3n) is 12.6. The number of nitrogens with zero attached hydrogens (tertiary/aromatic N) is 1. The van der Waals surface area contributed by atoms with E-state index in [-0.39, 0.29) is 63.8 Å². The molecule has 1 unspecified atom stereocenters. The second kappa shape index (κ2) is 17.9. The van der Waals surface area contributed by atoms with Crippen LogP contribution in [0, 0.1) is 11.8 Å². The number of amides is 3. The number of aliphatic hydroxyl groups is 3. The van der Waals surface area contributed by atoms with Crippen LogP contribution in [0.1, 0.15) is 101 Å². The van der Waals surface area contributed by atoms with Gasteiger partial charge in [0.2, 0.25) is 24.4 Å². The molecule has 3 fully saturated rings. The average molecular weight is 885 g/mol. The SMILES string of the molecule is COc1cccc2c1C(=O)c1c(O)c3c(c(O)c1C2=O)C[C@@](O)(C(=O)CO)C[C@@H]3O[C@H]1C[C@H](NC(=O)OCOC(=O)C2CCC(CN3C(=O)CC(SC)C3=O)CC2)[C@H](O)[C@H](C)O1. The van der Waals surface area contributed by atoms with Gasteiger partial charge in [-0.2, -0.15) is 11.8 Å². The lowest BCUT2D eigenvalue weighted by Crippen LogP contribution is -2.56. The van der Waals surface area contributed by atoms with E-state index in [1.165, 1.54) is 48.9 Å². The van der Waals surface area contributed by atoms with E-state index in [2.05, 4.69) is 5.32 Å². The summed E-state index contributed by atoms with van der Waals surface area (Å²) in [4.78, 5) is 92.5. The highest BCUT2D eigenvalue weighted by Crippen LogP contribution is 2.52. The van der Waals surface area contributed by atoms with E-state index in [9.17, 15) is 59.1 Å². The topological polar surface area (TPSA) is 282 Å². The summed E-state index contributed by atoms with van der Waals surface area (Å²) in [5.41, 5.74) is -4.31. The number of ether oxygens (including phenoxy) is 5. The smallest absolute Gasteiger partial charge is 0.410 e. The zero-order valence-corrected chi connectivity index (χ0v) is 34.9. The highest BCUT2D eigenvalue weighted by molar-refractivity contribution is 8.00. The van der Waals surface area contributed by atoms with E-state index in [4.69, 9.17) is 23.7 Å². The molecule has 1 saturated carbocycles. The highest BCUT2D eigenvalue weighted by Gasteiger charge is 2.50. The molecule has 0 radical (unpaired) electrons. The fraction of sp³-hybridized carbons (Fsp3) is 0.548. The minimum atomic E-state index is -2.39. The summed E-state index contributed by atoms with van der Waals surface area (Å²) in [6.07, 6.45) is -3.79. The van der Waals surface area contributed by atoms with Gasteiger partial charge in [0, 0.05) is 48.9 Å². The molecule has 3 aliphatic carbocycles. The summed E-state index contributed by atoms with van der Waals surface area (Å²) in [6.45, 7) is -0.0793. The minimum Gasteiger partial charge on any atom is -0.507 e. The number of Topliss-reactive ketones (excluding diaryl/α,β-unsaturated/α-hetero) is 1. The lowest BCUT2D eigenvalue weighted by molar-refractivity contribution is -0.249. The maximum atomic E-state index is 14.0. The minimum absolute atomic E-state index is 0.0354. The zero-order chi connectivity index (χ0) is 44.8. The maximum Gasteiger partial charge on any atom is 0.410 e. The quantitative estimate of drug-likeness (QED) is 0.0651. The van der Waals surface area contributed by atoms with Gasteiger partial charge in [-0.05, 0) is 50.8 Å². The average Bonchev–Trinajstić information content (AvgIpc) is 3.52. The van der Waals surface area contributed by atoms with E-state index in [0.29, 0.717) is 32.2 Å². The van der Waals surface area contributed by atoms with Crippen molar-refractivity contribution in [2.24, 2.45) is 11.8 Å². The summed E-state index contributed by atoms with van der Waals surface area (Å²) < 4.78 is 27.7. The molecule has 0 aromatic heterocycles. The number of thioether (sulfide) groups is 1. The van der Waals surface area contributed by atoms with Gasteiger partial charge in [0.05, 0.1) is 53.2 Å². The third-order valence-corrected chi connectivity index (χ3v) is 13.5. The normalized spacial score (nSPS) is 29.4. The predicted molar refractivity (Wildman–Crippen MR) is 212 cm³/mol. The molecule has 2 heterocycles. The van der Waals surface area contributed by atoms with Gasteiger partial charge in [0.25, 0.3) is 0 Å². The molecule has 2 aromatic rings. The molecular formula is C42H48N2O17S. The summed E-state index contributed by atoms with van der Waals surface area (Å²) in [6, 6.07) is 3.14. The van der Waals surface area contributed by atoms with Crippen molar-refractivity contribution in [3.05, 3.63) is 51.6 Å². The summed E-state index contributed by atoms with van der Waals surface area (Å²) in [5.74, 6) is -5.66.